The third-order valence-electron chi connectivity index (χ3n) is 12.3. The molecule has 0 spiro atoms. The highest BCUT2D eigenvalue weighted by atomic mass is 16.2. The fourth-order valence-corrected chi connectivity index (χ4v) is 8.86. The van der Waals surface area contributed by atoms with Crippen LogP contribution in [0.25, 0.3) is 11.0 Å². The summed E-state index contributed by atoms with van der Waals surface area (Å²) >= 11 is 0. The van der Waals surface area contributed by atoms with Crippen molar-refractivity contribution in [3.05, 3.63) is 94.7 Å². The first-order chi connectivity index (χ1) is 29.0. The van der Waals surface area contributed by atoms with Crippen molar-refractivity contribution in [3.8, 4) is 0 Å². The molecule has 3 saturated heterocycles. The lowest BCUT2D eigenvalue weighted by Crippen LogP contribution is -2.54. The van der Waals surface area contributed by atoms with Crippen LogP contribution in [0.4, 0.5) is 28.8 Å². The lowest BCUT2D eigenvalue weighted by Gasteiger charge is -2.38. The number of fused-ring (bicyclic) bond motifs is 2. The number of piperazine rings is 1. The van der Waals surface area contributed by atoms with Crippen LogP contribution in [-0.4, -0.2) is 116 Å². The molecule has 6 heterocycles. The van der Waals surface area contributed by atoms with Crippen molar-refractivity contribution in [1.29, 1.82) is 0 Å². The number of hydrogen-bond acceptors (Lipinski definition) is 12. The van der Waals surface area contributed by atoms with Crippen molar-refractivity contribution < 1.29 is 24.0 Å². The molecule has 16 nitrogen and oxygen atoms in total. The van der Waals surface area contributed by atoms with Crippen LogP contribution in [0, 0.1) is 13.8 Å². The zero-order valence-electron chi connectivity index (χ0n) is 33.9. The summed E-state index contributed by atoms with van der Waals surface area (Å²) in [4.78, 5) is 80.5. The van der Waals surface area contributed by atoms with Gasteiger partial charge in [0.15, 0.2) is 11.5 Å². The highest BCUT2D eigenvalue weighted by molar-refractivity contribution is 6.23. The van der Waals surface area contributed by atoms with Gasteiger partial charge in [-0.1, -0.05) is 30.3 Å². The lowest BCUT2D eigenvalue weighted by atomic mass is 9.89. The number of hydrogen-bond donors (Lipinski definition) is 3. The normalized spacial score (nSPS) is 18.9. The fraction of sp³-hybridized carbons (Fsp3) is 0.364. The first kappa shape index (κ1) is 38.8. The van der Waals surface area contributed by atoms with Gasteiger partial charge < -0.3 is 20.4 Å². The number of rotatable bonds is 9. The molecule has 2 aromatic heterocycles. The number of nitrogens with zero attached hydrogens (tertiary/aromatic N) is 8. The Hall–Kier alpha value is -6.68. The predicted molar refractivity (Wildman–Crippen MR) is 226 cm³/mol. The Morgan fingerprint density at radius 1 is 0.833 bits per heavy atom. The van der Waals surface area contributed by atoms with Crippen LogP contribution in [-0.2, 0) is 21.4 Å². The number of imide groups is 2. The van der Waals surface area contributed by atoms with Crippen LogP contribution >= 0.6 is 0 Å². The molecule has 3 fully saturated rings. The molecule has 5 aromatic rings. The molecule has 1 unspecified atom stereocenters. The Morgan fingerprint density at radius 2 is 1.55 bits per heavy atom. The summed E-state index contributed by atoms with van der Waals surface area (Å²) < 4.78 is 1.76. The molecule has 0 saturated carbocycles. The monoisotopic (exact) mass is 809 g/mol. The maximum absolute atomic E-state index is 13.4. The molecular formula is C44H47N11O5. The van der Waals surface area contributed by atoms with Crippen molar-refractivity contribution in [3.63, 3.8) is 0 Å². The number of carbonyl (C=O) groups excluding carboxylic acids is 5. The van der Waals surface area contributed by atoms with Gasteiger partial charge in [0, 0.05) is 76.0 Å². The van der Waals surface area contributed by atoms with Crippen molar-refractivity contribution in [2.45, 2.75) is 51.5 Å². The van der Waals surface area contributed by atoms with Crippen LogP contribution in [0.5, 0.6) is 0 Å². The summed E-state index contributed by atoms with van der Waals surface area (Å²) in [5.41, 5.74) is 7.50. The number of amides is 5. The number of piperidine rings is 2. The lowest BCUT2D eigenvalue weighted by molar-refractivity contribution is -0.136. The number of para-hydroxylation sites is 1. The van der Waals surface area contributed by atoms with E-state index in [2.05, 4.69) is 73.9 Å². The molecule has 16 heteroatoms. The number of benzene rings is 3. The topological polar surface area (TPSA) is 178 Å². The molecule has 0 bridgehead atoms. The average molecular weight is 810 g/mol. The van der Waals surface area contributed by atoms with E-state index in [-0.39, 0.29) is 29.9 Å². The molecular weight excluding hydrogens is 763 g/mol. The number of nitrogens with one attached hydrogen (secondary N) is 3. The summed E-state index contributed by atoms with van der Waals surface area (Å²) in [6.45, 7) is 8.60. The third-order valence-corrected chi connectivity index (χ3v) is 12.3. The van der Waals surface area contributed by atoms with Gasteiger partial charge in [0.25, 0.3) is 11.8 Å². The van der Waals surface area contributed by atoms with Gasteiger partial charge in [-0.2, -0.15) is 10.1 Å². The van der Waals surface area contributed by atoms with Gasteiger partial charge in [-0.25, -0.2) is 9.67 Å². The van der Waals surface area contributed by atoms with Crippen molar-refractivity contribution in [2.75, 3.05) is 61.3 Å². The Bertz CT molecular complexity index is 2520. The summed E-state index contributed by atoms with van der Waals surface area (Å²) in [6, 6.07) is 18.8. The molecule has 1 atom stereocenters. The molecule has 4 aliphatic heterocycles. The quantitative estimate of drug-likeness (QED) is 0.179. The number of carbonyl (C=O) groups is 5. The van der Waals surface area contributed by atoms with Crippen LogP contribution < -0.4 is 20.9 Å². The first-order valence-corrected chi connectivity index (χ1v) is 20.5. The van der Waals surface area contributed by atoms with E-state index in [1.165, 1.54) is 5.56 Å². The number of likely N-dealkylation sites (tertiary alicyclic amines) is 1. The fourth-order valence-electron chi connectivity index (χ4n) is 8.86. The zero-order valence-corrected chi connectivity index (χ0v) is 33.9. The van der Waals surface area contributed by atoms with Gasteiger partial charge in [0.1, 0.15) is 6.04 Å². The summed E-state index contributed by atoms with van der Waals surface area (Å²) in [6.07, 6.45) is 3.78. The van der Waals surface area contributed by atoms with E-state index >= 15 is 0 Å². The summed E-state index contributed by atoms with van der Waals surface area (Å²) in [5, 5.41) is 14.6. The van der Waals surface area contributed by atoms with E-state index < -0.39 is 29.7 Å². The number of aryl methyl sites for hydroxylation is 3. The largest absolute Gasteiger partial charge is 0.369 e. The Morgan fingerprint density at radius 3 is 2.27 bits per heavy atom. The van der Waals surface area contributed by atoms with Gasteiger partial charge in [0.2, 0.25) is 23.7 Å². The van der Waals surface area contributed by atoms with E-state index in [0.29, 0.717) is 63.5 Å². The molecule has 9 rings (SSSR count). The van der Waals surface area contributed by atoms with Gasteiger partial charge in [0.05, 0.1) is 23.1 Å². The zero-order chi connectivity index (χ0) is 41.7. The molecule has 4 aliphatic rings. The molecule has 0 aliphatic carbocycles. The van der Waals surface area contributed by atoms with Crippen molar-refractivity contribution >= 4 is 69.4 Å². The Balaban J connectivity index is 0.742. The van der Waals surface area contributed by atoms with Crippen LogP contribution in [0.2, 0.25) is 0 Å². The highest BCUT2D eigenvalue weighted by Gasteiger charge is 2.45. The third kappa shape index (κ3) is 7.42. The van der Waals surface area contributed by atoms with E-state index in [1.54, 1.807) is 23.0 Å². The van der Waals surface area contributed by atoms with Gasteiger partial charge in [-0.15, -0.1) is 0 Å². The Labute approximate surface area is 346 Å². The van der Waals surface area contributed by atoms with E-state index in [4.69, 9.17) is 4.98 Å². The molecule has 60 heavy (non-hydrogen) atoms. The van der Waals surface area contributed by atoms with Crippen LogP contribution in [0.3, 0.4) is 0 Å². The van der Waals surface area contributed by atoms with Crippen LogP contribution in [0.1, 0.15) is 69.0 Å². The van der Waals surface area contributed by atoms with E-state index in [9.17, 15) is 24.0 Å². The van der Waals surface area contributed by atoms with E-state index in [1.807, 2.05) is 36.2 Å². The Kier molecular flexibility index (Phi) is 10.2. The van der Waals surface area contributed by atoms with Gasteiger partial charge in [-0.05, 0) is 86.1 Å². The smallest absolute Gasteiger partial charge is 0.262 e. The SMILES string of the molecule is Cc1cccc(C)c1Nc1nn(C)c2nc(Nc3ccc(C4CCN(C(=O)CN5CCN(c6ccc7c(c6)C(=O)N(C6CCC(=O)NC6=O)C7=O)CC5)CC4)cc3)ncc12. The van der Waals surface area contributed by atoms with Crippen molar-refractivity contribution in [2.24, 2.45) is 7.05 Å². The number of aromatic nitrogens is 4. The highest BCUT2D eigenvalue weighted by Crippen LogP contribution is 2.33. The standard InChI is InChI=1S/C44H47N11O5/c1-26-5-4-6-27(2)38(26)48-39-34-24-45-44(49-40(34)51(3)50-39)46-30-9-7-28(8-10-30)29-15-17-54(18-16-29)37(57)25-52-19-21-53(22-20-52)31-11-12-32-33(23-31)43(60)55(42(32)59)35-13-14-36(56)47-41(35)58/h4-12,23-24,29,35H,13-22,25H2,1-3H3,(H,48,50)(H,45,46,49)(H,47,56,58). The minimum atomic E-state index is -0.996. The molecule has 308 valence electrons. The average Bonchev–Trinajstić information content (AvgIpc) is 3.69. The predicted octanol–water partition coefficient (Wildman–Crippen LogP) is 4.40. The van der Waals surface area contributed by atoms with Crippen LogP contribution in [0.15, 0.2) is 66.9 Å². The molecule has 3 N–H and O–H groups in total. The van der Waals surface area contributed by atoms with E-state index in [0.717, 1.165) is 57.0 Å². The molecule has 3 aromatic carbocycles. The molecule has 0 radical (unpaired) electrons. The second-order valence-electron chi connectivity index (χ2n) is 16.1. The van der Waals surface area contributed by atoms with Gasteiger partial charge >= 0.3 is 0 Å². The first-order valence-electron chi connectivity index (χ1n) is 20.5. The second-order valence-corrected chi connectivity index (χ2v) is 16.1. The number of anilines is 5. The molecule has 5 amide bonds. The summed E-state index contributed by atoms with van der Waals surface area (Å²) in [7, 11) is 1.88. The maximum Gasteiger partial charge on any atom is 0.262 e. The minimum Gasteiger partial charge on any atom is -0.369 e. The van der Waals surface area contributed by atoms with Crippen molar-refractivity contribution in [1.82, 2.24) is 39.8 Å². The summed E-state index contributed by atoms with van der Waals surface area (Å²) in [5.74, 6) is -0.366. The maximum atomic E-state index is 13.4. The van der Waals surface area contributed by atoms with Gasteiger partial charge in [-0.3, -0.25) is 39.1 Å². The second kappa shape index (κ2) is 15.8. The minimum absolute atomic E-state index is 0.0760.